The first-order valence-electron chi connectivity index (χ1n) is 8.08. The van der Waals surface area contributed by atoms with Crippen molar-refractivity contribution in [3.8, 4) is 0 Å². The highest BCUT2D eigenvalue weighted by Gasteiger charge is 2.31. The molecule has 0 heterocycles. The van der Waals surface area contributed by atoms with Gasteiger partial charge in [0, 0.05) is 6.04 Å². The average Bonchev–Trinajstić information content (AvgIpc) is 2.83. The summed E-state index contributed by atoms with van der Waals surface area (Å²) in [7, 11) is 0. The van der Waals surface area contributed by atoms with Gasteiger partial charge < -0.3 is 5.32 Å². The van der Waals surface area contributed by atoms with Crippen molar-refractivity contribution in [2.75, 3.05) is 6.54 Å². The van der Waals surface area contributed by atoms with Crippen molar-refractivity contribution in [2.24, 2.45) is 11.8 Å². The summed E-state index contributed by atoms with van der Waals surface area (Å²) in [5, 5.41) is 3.74. The minimum atomic E-state index is 0.555. The molecule has 1 aromatic rings. The summed E-state index contributed by atoms with van der Waals surface area (Å²) in [6.07, 6.45) is 6.63. The second-order valence-corrected chi connectivity index (χ2v) is 6.10. The van der Waals surface area contributed by atoms with E-state index in [4.69, 9.17) is 0 Å². The van der Waals surface area contributed by atoms with Crippen molar-refractivity contribution < 1.29 is 0 Å². The maximum Gasteiger partial charge on any atom is 0.0351 e. The molecule has 1 saturated carbocycles. The Hall–Kier alpha value is -0.820. The number of nitrogens with one attached hydrogen (secondary N) is 1. The van der Waals surface area contributed by atoms with Crippen molar-refractivity contribution >= 4 is 0 Å². The Morgan fingerprint density at radius 1 is 1.26 bits per heavy atom. The van der Waals surface area contributed by atoms with Crippen LogP contribution >= 0.6 is 0 Å². The highest BCUT2D eigenvalue weighted by atomic mass is 14.9. The number of rotatable bonds is 6. The molecule has 1 aromatic carbocycles. The summed E-state index contributed by atoms with van der Waals surface area (Å²) in [6.45, 7) is 7.97. The first kappa shape index (κ1) is 14.6. The molecule has 19 heavy (non-hydrogen) atoms. The molecule has 0 saturated heterocycles. The molecule has 1 aliphatic rings. The zero-order valence-corrected chi connectivity index (χ0v) is 12.8. The summed E-state index contributed by atoms with van der Waals surface area (Å²) in [5.74, 6) is 1.68. The molecule has 0 aromatic heterocycles. The lowest BCUT2D eigenvalue weighted by Crippen LogP contribution is -2.29. The van der Waals surface area contributed by atoms with Gasteiger partial charge in [0.25, 0.3) is 0 Å². The second kappa shape index (κ2) is 7.09. The van der Waals surface area contributed by atoms with Crippen molar-refractivity contribution in [3.05, 3.63) is 35.4 Å². The van der Waals surface area contributed by atoms with Gasteiger partial charge in [0.2, 0.25) is 0 Å². The first-order chi connectivity index (χ1) is 9.26. The van der Waals surface area contributed by atoms with Crippen molar-refractivity contribution in [1.82, 2.24) is 5.32 Å². The van der Waals surface area contributed by atoms with Gasteiger partial charge in [-0.2, -0.15) is 0 Å². The van der Waals surface area contributed by atoms with Gasteiger partial charge in [0.1, 0.15) is 0 Å². The van der Waals surface area contributed by atoms with E-state index < -0.39 is 0 Å². The SMILES string of the molecule is CCCc1cccc(C(NCC)C2CCCC2C)c1. The number of hydrogen-bond donors (Lipinski definition) is 1. The Morgan fingerprint density at radius 3 is 2.74 bits per heavy atom. The molecule has 1 N–H and O–H groups in total. The topological polar surface area (TPSA) is 12.0 Å². The van der Waals surface area contributed by atoms with Gasteiger partial charge in [0.15, 0.2) is 0 Å². The van der Waals surface area contributed by atoms with Crippen LogP contribution in [0.5, 0.6) is 0 Å². The largest absolute Gasteiger partial charge is 0.310 e. The molecule has 106 valence electrons. The van der Waals surface area contributed by atoms with Crippen LogP contribution in [-0.4, -0.2) is 6.54 Å². The number of hydrogen-bond acceptors (Lipinski definition) is 1. The van der Waals surface area contributed by atoms with E-state index in [1.54, 1.807) is 0 Å². The first-order valence-corrected chi connectivity index (χ1v) is 8.08. The van der Waals surface area contributed by atoms with Gasteiger partial charge in [-0.1, -0.05) is 64.3 Å². The third-order valence-electron chi connectivity index (χ3n) is 4.63. The summed E-state index contributed by atoms with van der Waals surface area (Å²) in [4.78, 5) is 0. The smallest absolute Gasteiger partial charge is 0.0351 e. The summed E-state index contributed by atoms with van der Waals surface area (Å²) >= 11 is 0. The maximum atomic E-state index is 3.74. The highest BCUT2D eigenvalue weighted by molar-refractivity contribution is 5.27. The lowest BCUT2D eigenvalue weighted by Gasteiger charge is -2.28. The molecular weight excluding hydrogens is 230 g/mol. The minimum absolute atomic E-state index is 0.555. The van der Waals surface area contributed by atoms with Crippen LogP contribution in [-0.2, 0) is 6.42 Å². The van der Waals surface area contributed by atoms with Crippen LogP contribution in [0.15, 0.2) is 24.3 Å². The van der Waals surface area contributed by atoms with Gasteiger partial charge in [-0.25, -0.2) is 0 Å². The Kier molecular flexibility index (Phi) is 5.45. The summed E-state index contributed by atoms with van der Waals surface area (Å²) < 4.78 is 0. The molecule has 0 bridgehead atoms. The van der Waals surface area contributed by atoms with E-state index in [0.717, 1.165) is 18.4 Å². The van der Waals surface area contributed by atoms with E-state index in [1.807, 2.05) is 0 Å². The van der Waals surface area contributed by atoms with Crippen LogP contribution in [0.25, 0.3) is 0 Å². The van der Waals surface area contributed by atoms with Crippen LogP contribution < -0.4 is 5.32 Å². The fourth-order valence-electron chi connectivity index (χ4n) is 3.64. The van der Waals surface area contributed by atoms with E-state index >= 15 is 0 Å². The number of aryl methyl sites for hydroxylation is 1. The zero-order valence-electron chi connectivity index (χ0n) is 12.8. The summed E-state index contributed by atoms with van der Waals surface area (Å²) in [6, 6.07) is 9.82. The number of benzene rings is 1. The highest BCUT2D eigenvalue weighted by Crippen LogP contribution is 2.40. The summed E-state index contributed by atoms with van der Waals surface area (Å²) in [5.41, 5.74) is 3.00. The van der Waals surface area contributed by atoms with E-state index in [9.17, 15) is 0 Å². The minimum Gasteiger partial charge on any atom is -0.310 e. The normalized spacial score (nSPS) is 24.6. The van der Waals surface area contributed by atoms with Crippen molar-refractivity contribution in [3.63, 3.8) is 0 Å². The lowest BCUT2D eigenvalue weighted by molar-refractivity contribution is 0.305. The van der Waals surface area contributed by atoms with Gasteiger partial charge in [-0.3, -0.25) is 0 Å². The molecule has 1 fully saturated rings. The molecule has 1 nitrogen and oxygen atoms in total. The van der Waals surface area contributed by atoms with E-state index in [1.165, 1.54) is 43.2 Å². The Morgan fingerprint density at radius 2 is 2.11 bits per heavy atom. The van der Waals surface area contributed by atoms with Crippen molar-refractivity contribution in [1.29, 1.82) is 0 Å². The molecule has 3 atom stereocenters. The van der Waals surface area contributed by atoms with E-state index in [0.29, 0.717) is 6.04 Å². The molecule has 2 rings (SSSR count). The molecule has 3 unspecified atom stereocenters. The molecule has 0 spiro atoms. The third-order valence-corrected chi connectivity index (χ3v) is 4.63. The van der Waals surface area contributed by atoms with E-state index in [2.05, 4.69) is 50.4 Å². The van der Waals surface area contributed by atoms with Gasteiger partial charge in [0.05, 0.1) is 0 Å². The zero-order chi connectivity index (χ0) is 13.7. The molecule has 1 heteroatoms. The van der Waals surface area contributed by atoms with Crippen LogP contribution in [0.1, 0.15) is 63.6 Å². The average molecular weight is 259 g/mol. The van der Waals surface area contributed by atoms with Crippen LogP contribution in [0.2, 0.25) is 0 Å². The predicted molar refractivity (Wildman–Crippen MR) is 83.4 cm³/mol. The Bertz CT molecular complexity index is 385. The third kappa shape index (κ3) is 3.60. The van der Waals surface area contributed by atoms with Crippen molar-refractivity contribution in [2.45, 2.75) is 58.9 Å². The van der Waals surface area contributed by atoms with Crippen LogP contribution in [0.4, 0.5) is 0 Å². The van der Waals surface area contributed by atoms with Crippen LogP contribution in [0.3, 0.4) is 0 Å². The molecule has 0 amide bonds. The fourth-order valence-corrected chi connectivity index (χ4v) is 3.64. The standard InChI is InChI=1S/C18H29N/c1-4-8-15-10-7-11-16(13-15)18(19-5-2)17-12-6-9-14(17)3/h7,10-11,13-14,17-19H,4-6,8-9,12H2,1-3H3. The monoisotopic (exact) mass is 259 g/mol. The molecule has 0 radical (unpaired) electrons. The quantitative estimate of drug-likeness (QED) is 0.779. The fraction of sp³-hybridized carbons (Fsp3) is 0.667. The van der Waals surface area contributed by atoms with Gasteiger partial charge >= 0.3 is 0 Å². The Labute approximate surface area is 118 Å². The van der Waals surface area contributed by atoms with Crippen LogP contribution in [0, 0.1) is 11.8 Å². The molecule has 1 aliphatic carbocycles. The maximum absolute atomic E-state index is 3.74. The molecular formula is C18H29N. The Balaban J connectivity index is 2.20. The second-order valence-electron chi connectivity index (χ2n) is 6.10. The van der Waals surface area contributed by atoms with Gasteiger partial charge in [-0.05, 0) is 42.3 Å². The lowest BCUT2D eigenvalue weighted by atomic mass is 9.85. The molecule has 0 aliphatic heterocycles. The predicted octanol–water partition coefficient (Wildman–Crippen LogP) is 4.73. The van der Waals surface area contributed by atoms with Gasteiger partial charge in [-0.15, -0.1) is 0 Å². The van der Waals surface area contributed by atoms with E-state index in [-0.39, 0.29) is 0 Å².